The minimum atomic E-state index is 0.835. The summed E-state index contributed by atoms with van der Waals surface area (Å²) in [6, 6.07) is 63.5. The molecule has 0 atom stereocenters. The number of benzene rings is 8. The van der Waals surface area contributed by atoms with Gasteiger partial charge >= 0.3 is 0 Å². The minimum Gasteiger partial charge on any atom is -0.456 e. The summed E-state index contributed by atoms with van der Waals surface area (Å²) in [6.07, 6.45) is 0. The highest BCUT2D eigenvalue weighted by molar-refractivity contribution is 6.24. The first-order chi connectivity index (χ1) is 24.8. The SMILES string of the molecule is c1ccc(N(c2ccccc2)c2ccc3oc4cc(N(c5ccccc5)c5cccc6oc7ccccc7c56)c5ccccc5c4c3c2)cc1. The van der Waals surface area contributed by atoms with E-state index in [0.717, 1.165) is 88.8 Å². The summed E-state index contributed by atoms with van der Waals surface area (Å²) >= 11 is 0. The molecule has 50 heavy (non-hydrogen) atoms. The molecule has 0 spiro atoms. The summed E-state index contributed by atoms with van der Waals surface area (Å²) in [5, 5.41) is 6.60. The maximum absolute atomic E-state index is 6.75. The van der Waals surface area contributed by atoms with E-state index in [1.54, 1.807) is 0 Å². The molecule has 0 bridgehead atoms. The number of hydrogen-bond donors (Lipinski definition) is 0. The number of fused-ring (bicyclic) bond motifs is 8. The van der Waals surface area contributed by atoms with Gasteiger partial charge in [0.1, 0.15) is 22.3 Å². The largest absolute Gasteiger partial charge is 0.456 e. The Morgan fingerprint density at radius 1 is 0.280 bits per heavy atom. The highest BCUT2D eigenvalue weighted by atomic mass is 16.3. The van der Waals surface area contributed by atoms with Crippen molar-refractivity contribution in [2.24, 2.45) is 0 Å². The molecule has 0 amide bonds. The van der Waals surface area contributed by atoms with Crippen molar-refractivity contribution < 1.29 is 8.83 Å². The van der Waals surface area contributed by atoms with Crippen LogP contribution in [-0.4, -0.2) is 0 Å². The zero-order chi connectivity index (χ0) is 33.0. The number of para-hydroxylation sites is 4. The molecule has 0 aliphatic carbocycles. The van der Waals surface area contributed by atoms with E-state index < -0.39 is 0 Å². The summed E-state index contributed by atoms with van der Waals surface area (Å²) in [4.78, 5) is 4.64. The molecule has 236 valence electrons. The third-order valence-electron chi connectivity index (χ3n) is 9.60. The maximum atomic E-state index is 6.75. The Bertz CT molecular complexity index is 2780. The Labute approximate surface area is 288 Å². The molecular weight excluding hydrogens is 613 g/mol. The Kier molecular flexibility index (Phi) is 6.46. The van der Waals surface area contributed by atoms with Crippen molar-refractivity contribution >= 4 is 88.8 Å². The maximum Gasteiger partial charge on any atom is 0.138 e. The predicted molar refractivity (Wildman–Crippen MR) is 208 cm³/mol. The average molecular weight is 643 g/mol. The van der Waals surface area contributed by atoms with Crippen LogP contribution in [0.5, 0.6) is 0 Å². The van der Waals surface area contributed by atoms with Gasteiger partial charge in [-0.3, -0.25) is 0 Å². The van der Waals surface area contributed by atoms with E-state index in [2.05, 4.69) is 174 Å². The molecule has 0 unspecified atom stereocenters. The number of furan rings is 2. The lowest BCUT2D eigenvalue weighted by molar-refractivity contribution is 0.669. The predicted octanol–water partition coefficient (Wildman–Crippen LogP) is 13.6. The van der Waals surface area contributed by atoms with Crippen LogP contribution in [0.2, 0.25) is 0 Å². The van der Waals surface area contributed by atoms with Gasteiger partial charge in [-0.1, -0.05) is 103 Å². The second kappa shape index (κ2) is 11.4. The monoisotopic (exact) mass is 642 g/mol. The van der Waals surface area contributed by atoms with Crippen molar-refractivity contribution in [3.05, 3.63) is 182 Å². The smallest absolute Gasteiger partial charge is 0.138 e. The summed E-state index contributed by atoms with van der Waals surface area (Å²) in [5.41, 5.74) is 9.79. The van der Waals surface area contributed by atoms with Crippen molar-refractivity contribution in [1.82, 2.24) is 0 Å². The molecule has 0 radical (unpaired) electrons. The van der Waals surface area contributed by atoms with Gasteiger partial charge in [0.2, 0.25) is 0 Å². The lowest BCUT2D eigenvalue weighted by Gasteiger charge is -2.27. The zero-order valence-corrected chi connectivity index (χ0v) is 27.0. The first kappa shape index (κ1) is 28.3. The molecule has 4 heteroatoms. The van der Waals surface area contributed by atoms with E-state index >= 15 is 0 Å². The van der Waals surface area contributed by atoms with Crippen LogP contribution in [0.4, 0.5) is 34.1 Å². The highest BCUT2D eigenvalue weighted by Crippen LogP contribution is 2.48. The molecule has 2 heterocycles. The Hall–Kier alpha value is -6.78. The third-order valence-corrected chi connectivity index (χ3v) is 9.60. The number of anilines is 6. The molecule has 0 aliphatic heterocycles. The molecule has 0 saturated heterocycles. The van der Waals surface area contributed by atoms with Gasteiger partial charge in [0, 0.05) is 50.4 Å². The molecule has 10 rings (SSSR count). The molecule has 4 nitrogen and oxygen atoms in total. The standard InChI is InChI=1S/C46H30N2O2/c1-4-15-31(16-5-1)47(32-17-6-2-7-18-32)34-27-28-42-38(29-34)45-36-22-11-10-21-35(36)40(30-44(45)50-42)48(33-19-8-3-9-20-33)39-24-14-26-43-46(39)37-23-12-13-25-41(37)49-43/h1-30H. The first-order valence-corrected chi connectivity index (χ1v) is 16.9. The van der Waals surface area contributed by atoms with Crippen LogP contribution >= 0.6 is 0 Å². The van der Waals surface area contributed by atoms with E-state index in [0.29, 0.717) is 0 Å². The molecule has 10 aromatic rings. The molecule has 0 aliphatic rings. The fourth-order valence-electron chi connectivity index (χ4n) is 7.46. The molecule has 8 aromatic carbocycles. The van der Waals surface area contributed by atoms with E-state index in [1.165, 1.54) is 0 Å². The fourth-order valence-corrected chi connectivity index (χ4v) is 7.46. The number of nitrogens with zero attached hydrogens (tertiary/aromatic N) is 2. The Morgan fingerprint density at radius 3 is 1.52 bits per heavy atom. The van der Waals surface area contributed by atoms with Crippen molar-refractivity contribution in [2.75, 3.05) is 9.80 Å². The normalized spacial score (nSPS) is 11.6. The zero-order valence-electron chi connectivity index (χ0n) is 27.0. The fraction of sp³-hybridized carbons (Fsp3) is 0. The summed E-state index contributed by atoms with van der Waals surface area (Å²) in [5.74, 6) is 0. The van der Waals surface area contributed by atoms with Crippen LogP contribution in [0.25, 0.3) is 54.6 Å². The van der Waals surface area contributed by atoms with Crippen LogP contribution in [0.1, 0.15) is 0 Å². The lowest BCUT2D eigenvalue weighted by atomic mass is 9.99. The quantitative estimate of drug-likeness (QED) is 0.181. The van der Waals surface area contributed by atoms with Crippen molar-refractivity contribution in [1.29, 1.82) is 0 Å². The van der Waals surface area contributed by atoms with Gasteiger partial charge < -0.3 is 18.6 Å². The van der Waals surface area contributed by atoms with Gasteiger partial charge in [-0.05, 0) is 78.2 Å². The van der Waals surface area contributed by atoms with Gasteiger partial charge in [-0.15, -0.1) is 0 Å². The van der Waals surface area contributed by atoms with Crippen LogP contribution in [0.3, 0.4) is 0 Å². The minimum absolute atomic E-state index is 0.835. The van der Waals surface area contributed by atoms with Crippen LogP contribution < -0.4 is 9.80 Å². The van der Waals surface area contributed by atoms with Crippen LogP contribution in [-0.2, 0) is 0 Å². The molecular formula is C46H30N2O2. The van der Waals surface area contributed by atoms with Crippen molar-refractivity contribution in [2.45, 2.75) is 0 Å². The number of hydrogen-bond acceptors (Lipinski definition) is 4. The number of rotatable bonds is 6. The van der Waals surface area contributed by atoms with E-state index in [1.807, 2.05) is 18.2 Å². The molecule has 0 N–H and O–H groups in total. The first-order valence-electron chi connectivity index (χ1n) is 16.9. The molecule has 0 saturated carbocycles. The van der Waals surface area contributed by atoms with Crippen molar-refractivity contribution in [3.63, 3.8) is 0 Å². The van der Waals surface area contributed by atoms with Crippen molar-refractivity contribution in [3.8, 4) is 0 Å². The Balaban J connectivity index is 1.24. The van der Waals surface area contributed by atoms with E-state index in [4.69, 9.17) is 8.83 Å². The topological polar surface area (TPSA) is 32.8 Å². The summed E-state index contributed by atoms with van der Waals surface area (Å²) < 4.78 is 13.1. The second-order valence-corrected chi connectivity index (χ2v) is 12.5. The van der Waals surface area contributed by atoms with Gasteiger partial charge in [-0.2, -0.15) is 0 Å². The van der Waals surface area contributed by atoms with E-state index in [-0.39, 0.29) is 0 Å². The van der Waals surface area contributed by atoms with Crippen LogP contribution in [0.15, 0.2) is 191 Å². The lowest BCUT2D eigenvalue weighted by Crippen LogP contribution is -2.11. The average Bonchev–Trinajstić information content (AvgIpc) is 3.75. The summed E-state index contributed by atoms with van der Waals surface area (Å²) in [7, 11) is 0. The van der Waals surface area contributed by atoms with Gasteiger partial charge in [-0.25, -0.2) is 0 Å². The summed E-state index contributed by atoms with van der Waals surface area (Å²) in [6.45, 7) is 0. The van der Waals surface area contributed by atoms with Gasteiger partial charge in [0.25, 0.3) is 0 Å². The third kappa shape index (κ3) is 4.46. The highest BCUT2D eigenvalue weighted by Gasteiger charge is 2.24. The molecule has 2 aromatic heterocycles. The van der Waals surface area contributed by atoms with Gasteiger partial charge in [0.05, 0.1) is 16.8 Å². The molecule has 0 fully saturated rings. The van der Waals surface area contributed by atoms with E-state index in [9.17, 15) is 0 Å². The van der Waals surface area contributed by atoms with Crippen LogP contribution in [0, 0.1) is 0 Å². The second-order valence-electron chi connectivity index (χ2n) is 12.5. The Morgan fingerprint density at radius 2 is 0.820 bits per heavy atom. The van der Waals surface area contributed by atoms with Gasteiger partial charge in [0.15, 0.2) is 0 Å².